The van der Waals surface area contributed by atoms with Gasteiger partial charge in [0.15, 0.2) is 0 Å². The van der Waals surface area contributed by atoms with Crippen LogP contribution in [0.3, 0.4) is 0 Å². The van der Waals surface area contributed by atoms with Gasteiger partial charge in [-0.1, -0.05) is 12.2 Å². The first kappa shape index (κ1) is 19.3. The summed E-state index contributed by atoms with van der Waals surface area (Å²) >= 11 is 0. The second-order valence-corrected chi connectivity index (χ2v) is 5.76. The number of aliphatic hydroxyl groups is 1. The van der Waals surface area contributed by atoms with Crippen LogP contribution < -0.4 is 5.32 Å². The normalized spacial score (nSPS) is 15.1. The molecular formula is C15H27N3O3. The lowest BCUT2D eigenvalue weighted by Gasteiger charge is -2.28. The summed E-state index contributed by atoms with van der Waals surface area (Å²) in [6.07, 6.45) is 7.12. The van der Waals surface area contributed by atoms with Gasteiger partial charge in [0.25, 0.3) is 0 Å². The Morgan fingerprint density at radius 3 is 2.48 bits per heavy atom. The fourth-order valence-electron chi connectivity index (χ4n) is 1.39. The van der Waals surface area contributed by atoms with Crippen molar-refractivity contribution in [3.63, 3.8) is 0 Å². The van der Waals surface area contributed by atoms with Crippen LogP contribution in [0.15, 0.2) is 29.5 Å². The van der Waals surface area contributed by atoms with E-state index in [1.807, 2.05) is 20.8 Å². The molecule has 0 unspecified atom stereocenters. The van der Waals surface area contributed by atoms with Gasteiger partial charge in [0.05, 0.1) is 12.3 Å². The molecule has 0 aromatic rings. The van der Waals surface area contributed by atoms with Crippen LogP contribution in [0, 0.1) is 5.53 Å². The highest BCUT2D eigenvalue weighted by Gasteiger charge is 2.22. The van der Waals surface area contributed by atoms with Crippen LogP contribution in [-0.4, -0.2) is 29.4 Å². The molecule has 1 fully saturated rings. The van der Waals surface area contributed by atoms with Crippen LogP contribution in [-0.2, 0) is 4.74 Å². The van der Waals surface area contributed by atoms with Crippen molar-refractivity contribution in [1.82, 2.24) is 5.32 Å². The average Bonchev–Trinajstić information content (AvgIpc) is 2.34. The minimum Gasteiger partial charge on any atom is -0.444 e. The molecule has 1 aliphatic carbocycles. The average molecular weight is 297 g/mol. The van der Waals surface area contributed by atoms with Crippen molar-refractivity contribution in [2.24, 2.45) is 5.11 Å². The number of ether oxygens (including phenoxy) is 1. The number of allylic oxidation sites excluding steroid dienone is 2. The molecule has 0 bridgehead atoms. The summed E-state index contributed by atoms with van der Waals surface area (Å²) in [6, 6.07) is 0.361. The van der Waals surface area contributed by atoms with Gasteiger partial charge in [-0.2, -0.15) is 5.11 Å². The highest BCUT2D eigenvalue weighted by Crippen LogP contribution is 2.18. The number of hydrogen-bond acceptors (Lipinski definition) is 5. The van der Waals surface area contributed by atoms with E-state index in [0.29, 0.717) is 18.2 Å². The van der Waals surface area contributed by atoms with Crippen LogP contribution in [0.5, 0.6) is 0 Å². The zero-order valence-electron chi connectivity index (χ0n) is 13.2. The zero-order chi connectivity index (χ0) is 16.3. The Balaban J connectivity index is 0.000000400. The molecule has 0 saturated heterocycles. The first-order valence-electron chi connectivity index (χ1n) is 7.10. The Morgan fingerprint density at radius 1 is 1.52 bits per heavy atom. The molecule has 120 valence electrons. The molecule has 0 radical (unpaired) electrons. The Bertz CT molecular complexity index is 369. The van der Waals surface area contributed by atoms with Gasteiger partial charge in [-0.15, -0.1) is 6.58 Å². The fourth-order valence-corrected chi connectivity index (χ4v) is 1.39. The Kier molecular flexibility index (Phi) is 9.28. The van der Waals surface area contributed by atoms with Gasteiger partial charge >= 0.3 is 6.09 Å². The second kappa shape index (κ2) is 10.1. The van der Waals surface area contributed by atoms with Crippen molar-refractivity contribution in [3.05, 3.63) is 24.4 Å². The minimum absolute atomic E-state index is 0.169. The van der Waals surface area contributed by atoms with Crippen molar-refractivity contribution in [2.75, 3.05) is 6.61 Å². The number of hydrogen-bond donors (Lipinski definition) is 3. The topological polar surface area (TPSA) is 94.8 Å². The van der Waals surface area contributed by atoms with Crippen molar-refractivity contribution in [2.45, 2.75) is 58.1 Å². The van der Waals surface area contributed by atoms with E-state index in [4.69, 9.17) is 15.4 Å². The van der Waals surface area contributed by atoms with E-state index >= 15 is 0 Å². The van der Waals surface area contributed by atoms with E-state index in [2.05, 4.69) is 17.0 Å². The van der Waals surface area contributed by atoms with E-state index in [9.17, 15) is 4.79 Å². The smallest absolute Gasteiger partial charge is 0.407 e. The second-order valence-electron chi connectivity index (χ2n) is 5.76. The predicted octanol–water partition coefficient (Wildman–Crippen LogP) is 3.53. The van der Waals surface area contributed by atoms with Crippen molar-refractivity contribution in [3.8, 4) is 0 Å². The molecule has 21 heavy (non-hydrogen) atoms. The minimum atomic E-state index is -0.381. The lowest BCUT2D eigenvalue weighted by molar-refractivity contribution is 0.0480. The maximum Gasteiger partial charge on any atom is 0.407 e. The fraction of sp³-hybridized carbons (Fsp3) is 0.667. The third-order valence-electron chi connectivity index (χ3n) is 2.65. The van der Waals surface area contributed by atoms with Gasteiger partial charge in [-0.3, -0.25) is 0 Å². The van der Waals surface area contributed by atoms with Gasteiger partial charge in [0.2, 0.25) is 0 Å². The van der Waals surface area contributed by atoms with Crippen LogP contribution in [0.1, 0.15) is 46.5 Å². The number of amides is 1. The van der Waals surface area contributed by atoms with Crippen molar-refractivity contribution in [1.29, 1.82) is 5.53 Å². The van der Waals surface area contributed by atoms with Crippen LogP contribution >= 0.6 is 0 Å². The molecular weight excluding hydrogens is 270 g/mol. The number of nitrogens with zero attached hydrogens (tertiary/aromatic N) is 1. The monoisotopic (exact) mass is 297 g/mol. The molecule has 6 nitrogen and oxygen atoms in total. The van der Waals surface area contributed by atoms with Crippen LogP contribution in [0.2, 0.25) is 0 Å². The van der Waals surface area contributed by atoms with Gasteiger partial charge in [0.1, 0.15) is 5.60 Å². The number of alkyl carbamates (subject to hydrolysis) is 1. The molecule has 0 aliphatic heterocycles. The number of aliphatic hydroxyl groups excluding tert-OH is 1. The van der Waals surface area contributed by atoms with Crippen LogP contribution in [0.25, 0.3) is 0 Å². The SMILES string of the molecule is C=CC/C=C(/CO)N=N.CC(C)(C)OC(=O)NC1CCC1. The van der Waals surface area contributed by atoms with Gasteiger partial charge in [0, 0.05) is 6.04 Å². The standard InChI is InChI=1S/C9H17NO2.C6H10N2O/c1-9(2,3)12-8(11)10-7-5-4-6-7;1-2-3-4-6(5-9)8-7/h7H,4-6H2,1-3H3,(H,10,11);2,4,7,9H,1,3,5H2/b;6-4-,8-7?. The third-order valence-corrected chi connectivity index (χ3v) is 2.65. The van der Waals surface area contributed by atoms with Gasteiger partial charge < -0.3 is 15.2 Å². The molecule has 3 N–H and O–H groups in total. The quantitative estimate of drug-likeness (QED) is 0.535. The molecule has 0 aromatic heterocycles. The lowest BCUT2D eigenvalue weighted by atomic mass is 9.93. The molecule has 1 rings (SSSR count). The highest BCUT2D eigenvalue weighted by atomic mass is 16.6. The summed E-state index contributed by atoms with van der Waals surface area (Å²) in [5.41, 5.74) is 6.50. The van der Waals surface area contributed by atoms with Crippen molar-refractivity contribution < 1.29 is 14.6 Å². The molecule has 0 atom stereocenters. The highest BCUT2D eigenvalue weighted by molar-refractivity contribution is 5.68. The van der Waals surface area contributed by atoms with E-state index in [1.165, 1.54) is 6.42 Å². The molecule has 0 heterocycles. The molecule has 1 amide bonds. The van der Waals surface area contributed by atoms with Gasteiger partial charge in [-0.05, 0) is 46.5 Å². The Hall–Kier alpha value is -1.69. The Morgan fingerprint density at radius 2 is 2.14 bits per heavy atom. The largest absolute Gasteiger partial charge is 0.444 e. The summed E-state index contributed by atoms with van der Waals surface area (Å²) in [5.74, 6) is 0. The number of rotatable bonds is 5. The van der Waals surface area contributed by atoms with E-state index in [1.54, 1.807) is 12.2 Å². The number of carbonyl (C=O) groups excluding carboxylic acids is 1. The molecule has 0 aromatic carbocycles. The maximum absolute atomic E-state index is 11.1. The van der Waals surface area contributed by atoms with E-state index in [-0.39, 0.29) is 18.3 Å². The first-order valence-corrected chi connectivity index (χ1v) is 7.10. The maximum atomic E-state index is 11.1. The van der Waals surface area contributed by atoms with Crippen LogP contribution in [0.4, 0.5) is 4.79 Å². The lowest BCUT2D eigenvalue weighted by Crippen LogP contribution is -2.42. The number of carbonyl (C=O) groups is 1. The Labute approximate surface area is 126 Å². The van der Waals surface area contributed by atoms with E-state index < -0.39 is 0 Å². The molecule has 0 spiro atoms. The molecule has 1 saturated carbocycles. The summed E-state index contributed by atoms with van der Waals surface area (Å²) in [7, 11) is 0. The summed E-state index contributed by atoms with van der Waals surface area (Å²) in [5, 5.41) is 14.3. The number of nitrogens with one attached hydrogen (secondary N) is 2. The van der Waals surface area contributed by atoms with Crippen molar-refractivity contribution >= 4 is 6.09 Å². The molecule has 6 heteroatoms. The summed E-state index contributed by atoms with van der Waals surface area (Å²) in [4.78, 5) is 11.1. The summed E-state index contributed by atoms with van der Waals surface area (Å²) < 4.78 is 5.09. The van der Waals surface area contributed by atoms with Gasteiger partial charge in [-0.25, -0.2) is 10.3 Å². The zero-order valence-corrected chi connectivity index (χ0v) is 13.2. The van der Waals surface area contributed by atoms with E-state index in [0.717, 1.165) is 12.8 Å². The third kappa shape index (κ3) is 10.7. The molecule has 1 aliphatic rings. The first-order chi connectivity index (χ1) is 9.82. The predicted molar refractivity (Wildman–Crippen MR) is 82.1 cm³/mol. The summed E-state index contributed by atoms with van der Waals surface area (Å²) in [6.45, 7) is 8.91.